The lowest BCUT2D eigenvalue weighted by atomic mass is 9.62. The van der Waals surface area contributed by atoms with Gasteiger partial charge in [0.1, 0.15) is 0 Å². The molecule has 0 saturated heterocycles. The third-order valence-corrected chi connectivity index (χ3v) is 9.77. The van der Waals surface area contributed by atoms with Gasteiger partial charge in [0.2, 0.25) is 0 Å². The first-order valence-corrected chi connectivity index (χ1v) is 16.1. The van der Waals surface area contributed by atoms with E-state index in [2.05, 4.69) is 146 Å². The van der Waals surface area contributed by atoms with E-state index >= 15 is 0 Å². The maximum Gasteiger partial charge on any atom is 0.186 e. The van der Waals surface area contributed by atoms with Crippen LogP contribution in [0.4, 0.5) is 0 Å². The predicted octanol–water partition coefficient (Wildman–Crippen LogP) is 9.80. The van der Waals surface area contributed by atoms with E-state index in [0.717, 1.165) is 33.4 Å². The zero-order valence-corrected chi connectivity index (χ0v) is 27.5. The first-order valence-electron chi connectivity index (χ1n) is 16.1. The van der Waals surface area contributed by atoms with Crippen molar-refractivity contribution < 1.29 is 14.2 Å². The van der Waals surface area contributed by atoms with Gasteiger partial charge in [-0.3, -0.25) is 0 Å². The number of ether oxygens (including phenoxy) is 3. The van der Waals surface area contributed by atoms with E-state index in [-0.39, 0.29) is 0 Å². The normalized spacial score (nSPS) is 14.6. The third-order valence-electron chi connectivity index (χ3n) is 9.77. The van der Waals surface area contributed by atoms with Crippen LogP contribution in [0.2, 0.25) is 0 Å². The number of benzene rings is 6. The summed E-state index contributed by atoms with van der Waals surface area (Å²) < 4.78 is 21.3. The lowest BCUT2D eigenvalue weighted by Gasteiger charge is -2.56. The third kappa shape index (κ3) is 5.31. The van der Waals surface area contributed by atoms with Crippen molar-refractivity contribution in [1.82, 2.24) is 0 Å². The van der Waals surface area contributed by atoms with Crippen LogP contribution in [0.25, 0.3) is 0 Å². The molecule has 0 aliphatic heterocycles. The highest BCUT2D eigenvalue weighted by molar-refractivity contribution is 5.56. The van der Waals surface area contributed by atoms with Gasteiger partial charge >= 0.3 is 0 Å². The van der Waals surface area contributed by atoms with E-state index in [1.165, 1.54) is 0 Å². The topological polar surface area (TPSA) is 27.7 Å². The molecule has 236 valence electrons. The zero-order chi connectivity index (χ0) is 32.8. The summed E-state index contributed by atoms with van der Waals surface area (Å²) in [7, 11) is 3.46. The van der Waals surface area contributed by atoms with E-state index in [1.54, 1.807) is 14.2 Å². The molecule has 3 heteroatoms. The van der Waals surface area contributed by atoms with Crippen molar-refractivity contribution in [2.75, 3.05) is 14.2 Å². The Bertz CT molecular complexity index is 1500. The second-order valence-corrected chi connectivity index (χ2v) is 12.1. The fourth-order valence-electron chi connectivity index (χ4n) is 7.62. The monoisotopic (exact) mass is 618 g/mol. The van der Waals surface area contributed by atoms with E-state index < -0.39 is 22.4 Å². The quantitative estimate of drug-likeness (QED) is 0.101. The van der Waals surface area contributed by atoms with Crippen molar-refractivity contribution in [3.8, 4) is 0 Å². The molecule has 0 aliphatic carbocycles. The molecule has 2 unspecified atom stereocenters. The van der Waals surface area contributed by atoms with Crippen molar-refractivity contribution >= 4 is 0 Å². The molecule has 47 heavy (non-hydrogen) atoms. The summed E-state index contributed by atoms with van der Waals surface area (Å²) in [6.45, 7) is 4.09. The smallest absolute Gasteiger partial charge is 0.186 e. The predicted molar refractivity (Wildman–Crippen MR) is 190 cm³/mol. The van der Waals surface area contributed by atoms with Crippen LogP contribution in [0.1, 0.15) is 47.2 Å². The number of hydrogen-bond acceptors (Lipinski definition) is 3. The van der Waals surface area contributed by atoms with Crippen molar-refractivity contribution in [1.29, 1.82) is 0 Å². The SMILES string of the molecule is COC(C)(OC(C)(OC)C(c1ccccc1)(c1ccccc1)c1ccccc1)C(c1ccccc1)(c1ccccc1)c1ccccc1. The van der Waals surface area contributed by atoms with E-state index in [4.69, 9.17) is 14.2 Å². The molecular formula is C44H42O3. The highest BCUT2D eigenvalue weighted by Gasteiger charge is 2.62. The van der Waals surface area contributed by atoms with Crippen LogP contribution in [0.3, 0.4) is 0 Å². The molecule has 0 radical (unpaired) electrons. The molecule has 0 fully saturated rings. The van der Waals surface area contributed by atoms with Gasteiger partial charge in [-0.25, -0.2) is 0 Å². The molecule has 0 aliphatic rings. The van der Waals surface area contributed by atoms with Crippen molar-refractivity contribution in [3.05, 3.63) is 215 Å². The molecule has 6 aromatic carbocycles. The zero-order valence-electron chi connectivity index (χ0n) is 27.5. The van der Waals surface area contributed by atoms with E-state index in [9.17, 15) is 0 Å². The highest BCUT2D eigenvalue weighted by atomic mass is 16.8. The summed E-state index contributed by atoms with van der Waals surface area (Å²) in [5, 5.41) is 0. The molecule has 0 N–H and O–H groups in total. The van der Waals surface area contributed by atoms with Crippen LogP contribution < -0.4 is 0 Å². The standard InChI is InChI=1S/C44H42O3/c1-41(45-3,43(35-23-11-5-12-24-35,36-25-13-6-14-26-36)37-27-15-7-16-28-37)47-42(2,46-4)44(38-29-17-8-18-30-38,39-31-19-9-20-32-39)40-33-21-10-22-34-40/h5-34H,1-4H3. The first kappa shape index (κ1) is 32.2. The van der Waals surface area contributed by atoms with Gasteiger partial charge in [0, 0.05) is 14.2 Å². The van der Waals surface area contributed by atoms with Gasteiger partial charge in [0.15, 0.2) is 11.6 Å². The van der Waals surface area contributed by atoms with Crippen LogP contribution >= 0.6 is 0 Å². The average molecular weight is 619 g/mol. The Kier molecular flexibility index (Phi) is 9.24. The summed E-state index contributed by atoms with van der Waals surface area (Å²) in [6.07, 6.45) is 0. The molecule has 0 heterocycles. The second-order valence-electron chi connectivity index (χ2n) is 12.1. The Morgan fingerprint density at radius 1 is 0.298 bits per heavy atom. The van der Waals surface area contributed by atoms with Crippen molar-refractivity contribution in [2.24, 2.45) is 0 Å². The maximum absolute atomic E-state index is 7.74. The summed E-state index contributed by atoms with van der Waals surface area (Å²) in [6, 6.07) is 63.0. The molecule has 0 aromatic heterocycles. The lowest BCUT2D eigenvalue weighted by molar-refractivity contribution is -0.363. The molecule has 6 rings (SSSR count). The van der Waals surface area contributed by atoms with Gasteiger partial charge < -0.3 is 14.2 Å². The average Bonchev–Trinajstić information content (AvgIpc) is 3.15. The van der Waals surface area contributed by atoms with Gasteiger partial charge in [-0.05, 0) is 47.2 Å². The highest BCUT2D eigenvalue weighted by Crippen LogP contribution is 2.56. The second kappa shape index (κ2) is 13.5. The molecule has 2 atom stereocenters. The Balaban J connectivity index is 1.72. The summed E-state index contributed by atoms with van der Waals surface area (Å²) in [4.78, 5) is 0. The van der Waals surface area contributed by atoms with Crippen LogP contribution in [0.5, 0.6) is 0 Å². The van der Waals surface area contributed by atoms with Gasteiger partial charge in [-0.2, -0.15) is 0 Å². The Hall–Kier alpha value is -4.80. The van der Waals surface area contributed by atoms with Crippen LogP contribution in [-0.4, -0.2) is 25.8 Å². The number of methoxy groups -OCH3 is 2. The fourth-order valence-corrected chi connectivity index (χ4v) is 7.62. The lowest BCUT2D eigenvalue weighted by Crippen LogP contribution is -2.64. The van der Waals surface area contributed by atoms with Gasteiger partial charge in [-0.15, -0.1) is 0 Å². The summed E-state index contributed by atoms with van der Waals surface area (Å²) in [5.41, 5.74) is 4.34. The first-order chi connectivity index (χ1) is 23.0. The Morgan fingerprint density at radius 2 is 0.468 bits per heavy atom. The fraction of sp³-hybridized carbons (Fsp3) is 0.182. The minimum Gasteiger partial charge on any atom is -0.352 e. The molecule has 0 amide bonds. The molecular weight excluding hydrogens is 576 g/mol. The summed E-state index contributed by atoms with van der Waals surface area (Å²) >= 11 is 0. The van der Waals surface area contributed by atoms with Gasteiger partial charge in [0.25, 0.3) is 0 Å². The molecule has 3 nitrogen and oxygen atoms in total. The summed E-state index contributed by atoms with van der Waals surface area (Å²) in [5.74, 6) is -2.66. The number of hydrogen-bond donors (Lipinski definition) is 0. The molecule has 0 saturated carbocycles. The minimum absolute atomic E-state index is 0.929. The largest absolute Gasteiger partial charge is 0.352 e. The van der Waals surface area contributed by atoms with Crippen molar-refractivity contribution in [2.45, 2.75) is 36.3 Å². The van der Waals surface area contributed by atoms with E-state index in [0.29, 0.717) is 0 Å². The van der Waals surface area contributed by atoms with Crippen LogP contribution in [0.15, 0.2) is 182 Å². The Morgan fingerprint density at radius 3 is 0.617 bits per heavy atom. The Labute approximate surface area is 279 Å². The van der Waals surface area contributed by atoms with Crippen LogP contribution in [0, 0.1) is 0 Å². The minimum atomic E-state index is -1.33. The maximum atomic E-state index is 7.74. The molecule has 6 aromatic rings. The van der Waals surface area contributed by atoms with Gasteiger partial charge in [-0.1, -0.05) is 182 Å². The van der Waals surface area contributed by atoms with Crippen molar-refractivity contribution in [3.63, 3.8) is 0 Å². The number of rotatable bonds is 12. The van der Waals surface area contributed by atoms with Crippen LogP contribution in [-0.2, 0) is 25.0 Å². The molecule has 0 bridgehead atoms. The van der Waals surface area contributed by atoms with E-state index in [1.807, 2.05) is 50.2 Å². The molecule has 0 spiro atoms. The van der Waals surface area contributed by atoms with Gasteiger partial charge in [0.05, 0.1) is 10.8 Å².